The van der Waals surface area contributed by atoms with Crippen LogP contribution in [-0.2, 0) is 4.74 Å². The van der Waals surface area contributed by atoms with Crippen molar-refractivity contribution in [3.05, 3.63) is 0 Å². The summed E-state index contributed by atoms with van der Waals surface area (Å²) in [6.07, 6.45) is 4.13. The van der Waals surface area contributed by atoms with Gasteiger partial charge in [0, 0.05) is 11.8 Å². The van der Waals surface area contributed by atoms with Gasteiger partial charge < -0.3 is 4.74 Å². The topological polar surface area (TPSA) is 33.0 Å². The first-order valence-corrected chi connectivity index (χ1v) is 4.28. The quantitative estimate of drug-likeness (QED) is 0.619. The van der Waals surface area contributed by atoms with Crippen LogP contribution in [0.25, 0.3) is 0 Å². The summed E-state index contributed by atoms with van der Waals surface area (Å²) in [5.74, 6) is 0. The Labute approximate surface area is 68.2 Å². The van der Waals surface area contributed by atoms with Crippen LogP contribution in [0.1, 0.15) is 32.6 Å². The van der Waals surface area contributed by atoms with Gasteiger partial charge >= 0.3 is 0 Å². The maximum absolute atomic E-state index is 8.43. The standard InChI is InChI=1S/C9H15NO/c1-2-4-9(5-3-6-10)7-11-8-9/h2-5,7-8H2,1H3. The molecule has 2 heteroatoms. The molecule has 62 valence electrons. The molecular formula is C9H15NO. The molecule has 1 saturated heterocycles. The van der Waals surface area contributed by atoms with Crippen molar-refractivity contribution in [2.45, 2.75) is 32.6 Å². The average Bonchev–Trinajstić information content (AvgIpc) is 1.95. The number of rotatable bonds is 4. The molecule has 0 aromatic heterocycles. The number of nitrogens with zero attached hydrogens (tertiary/aromatic N) is 1. The predicted octanol–water partition coefficient (Wildman–Crippen LogP) is 2.11. The normalized spacial score (nSPS) is 20.4. The summed E-state index contributed by atoms with van der Waals surface area (Å²) >= 11 is 0. The Hall–Kier alpha value is -0.550. The van der Waals surface area contributed by atoms with Gasteiger partial charge in [0.2, 0.25) is 0 Å². The Morgan fingerprint density at radius 2 is 2.18 bits per heavy atom. The van der Waals surface area contributed by atoms with Crippen LogP contribution in [0.3, 0.4) is 0 Å². The molecule has 1 fully saturated rings. The first-order chi connectivity index (χ1) is 5.33. The molecule has 0 aromatic rings. The monoisotopic (exact) mass is 153 g/mol. The van der Waals surface area contributed by atoms with Crippen LogP contribution in [-0.4, -0.2) is 13.2 Å². The van der Waals surface area contributed by atoms with Crippen LogP contribution in [0.2, 0.25) is 0 Å². The molecule has 1 rings (SSSR count). The Balaban J connectivity index is 2.29. The fraction of sp³-hybridized carbons (Fsp3) is 0.889. The van der Waals surface area contributed by atoms with Crippen molar-refractivity contribution in [1.29, 1.82) is 5.26 Å². The highest BCUT2D eigenvalue weighted by Crippen LogP contribution is 2.37. The summed E-state index contributed by atoms with van der Waals surface area (Å²) in [6, 6.07) is 2.19. The Morgan fingerprint density at radius 3 is 2.55 bits per heavy atom. The Bertz CT molecular complexity index is 155. The smallest absolute Gasteiger partial charge is 0.0621 e. The zero-order chi connectivity index (χ0) is 8.16. The van der Waals surface area contributed by atoms with Crippen LogP contribution >= 0.6 is 0 Å². The van der Waals surface area contributed by atoms with Gasteiger partial charge in [0.1, 0.15) is 0 Å². The number of ether oxygens (including phenoxy) is 1. The molecule has 0 bridgehead atoms. The van der Waals surface area contributed by atoms with Crippen LogP contribution < -0.4 is 0 Å². The zero-order valence-corrected chi connectivity index (χ0v) is 7.10. The van der Waals surface area contributed by atoms with Gasteiger partial charge in [0.15, 0.2) is 0 Å². The average molecular weight is 153 g/mol. The van der Waals surface area contributed by atoms with Crippen LogP contribution in [0.4, 0.5) is 0 Å². The number of hydrogen-bond acceptors (Lipinski definition) is 2. The lowest BCUT2D eigenvalue weighted by molar-refractivity contribution is -0.121. The molecule has 0 aromatic carbocycles. The second-order valence-electron chi connectivity index (χ2n) is 3.40. The second-order valence-corrected chi connectivity index (χ2v) is 3.40. The van der Waals surface area contributed by atoms with Gasteiger partial charge in [0.05, 0.1) is 19.3 Å². The zero-order valence-electron chi connectivity index (χ0n) is 7.10. The first-order valence-electron chi connectivity index (χ1n) is 4.28. The summed E-state index contributed by atoms with van der Waals surface area (Å²) in [4.78, 5) is 0. The van der Waals surface area contributed by atoms with Crippen molar-refractivity contribution < 1.29 is 4.74 Å². The molecule has 0 amide bonds. The van der Waals surface area contributed by atoms with Gasteiger partial charge in [-0.3, -0.25) is 0 Å². The minimum atomic E-state index is 0.379. The SMILES string of the molecule is CCCC1(CCC#N)COC1. The van der Waals surface area contributed by atoms with Crippen LogP contribution in [0.15, 0.2) is 0 Å². The van der Waals surface area contributed by atoms with Crippen molar-refractivity contribution in [1.82, 2.24) is 0 Å². The van der Waals surface area contributed by atoms with Crippen molar-refractivity contribution in [3.8, 4) is 6.07 Å². The molecule has 2 nitrogen and oxygen atoms in total. The van der Waals surface area contributed by atoms with Gasteiger partial charge in [-0.1, -0.05) is 13.3 Å². The lowest BCUT2D eigenvalue weighted by Crippen LogP contribution is -2.42. The lowest BCUT2D eigenvalue weighted by atomic mass is 9.78. The molecule has 1 aliphatic rings. The van der Waals surface area contributed by atoms with E-state index in [0.29, 0.717) is 11.8 Å². The molecule has 0 radical (unpaired) electrons. The highest BCUT2D eigenvalue weighted by molar-refractivity contribution is 4.88. The predicted molar refractivity (Wildman–Crippen MR) is 43.0 cm³/mol. The first kappa shape index (κ1) is 8.55. The third kappa shape index (κ3) is 1.94. The van der Waals surface area contributed by atoms with Crippen molar-refractivity contribution >= 4 is 0 Å². The number of nitriles is 1. The second kappa shape index (κ2) is 3.73. The largest absolute Gasteiger partial charge is 0.380 e. The van der Waals surface area contributed by atoms with E-state index < -0.39 is 0 Å². The molecule has 1 aliphatic heterocycles. The molecule has 1 heterocycles. The molecule has 0 saturated carbocycles. The summed E-state index contributed by atoms with van der Waals surface area (Å²) in [6.45, 7) is 3.94. The number of hydrogen-bond donors (Lipinski definition) is 0. The lowest BCUT2D eigenvalue weighted by Gasteiger charge is -2.41. The maximum Gasteiger partial charge on any atom is 0.0621 e. The molecule has 11 heavy (non-hydrogen) atoms. The van der Waals surface area contributed by atoms with Crippen molar-refractivity contribution in [2.24, 2.45) is 5.41 Å². The van der Waals surface area contributed by atoms with E-state index in [1.165, 1.54) is 12.8 Å². The summed E-state index contributed by atoms with van der Waals surface area (Å²) in [5, 5.41) is 8.43. The van der Waals surface area contributed by atoms with Crippen LogP contribution in [0.5, 0.6) is 0 Å². The minimum absolute atomic E-state index is 0.379. The minimum Gasteiger partial charge on any atom is -0.380 e. The Kier molecular flexibility index (Phi) is 2.90. The Morgan fingerprint density at radius 1 is 1.45 bits per heavy atom. The molecule has 0 atom stereocenters. The fourth-order valence-corrected chi connectivity index (χ4v) is 1.66. The van der Waals surface area contributed by atoms with Gasteiger partial charge in [0.25, 0.3) is 0 Å². The molecule has 0 N–H and O–H groups in total. The van der Waals surface area contributed by atoms with E-state index in [2.05, 4.69) is 13.0 Å². The van der Waals surface area contributed by atoms with E-state index in [-0.39, 0.29) is 0 Å². The van der Waals surface area contributed by atoms with E-state index in [1.807, 2.05) is 0 Å². The molecule has 0 spiro atoms. The van der Waals surface area contributed by atoms with E-state index in [4.69, 9.17) is 10.00 Å². The van der Waals surface area contributed by atoms with E-state index in [0.717, 1.165) is 19.6 Å². The molecule has 0 aliphatic carbocycles. The highest BCUT2D eigenvalue weighted by atomic mass is 16.5. The van der Waals surface area contributed by atoms with Gasteiger partial charge in [-0.05, 0) is 12.8 Å². The van der Waals surface area contributed by atoms with E-state index in [1.54, 1.807) is 0 Å². The molecule has 0 unspecified atom stereocenters. The van der Waals surface area contributed by atoms with Gasteiger partial charge in [-0.25, -0.2) is 0 Å². The maximum atomic E-state index is 8.43. The third-order valence-corrected chi connectivity index (χ3v) is 2.36. The van der Waals surface area contributed by atoms with Gasteiger partial charge in [-0.15, -0.1) is 0 Å². The highest BCUT2D eigenvalue weighted by Gasteiger charge is 2.36. The van der Waals surface area contributed by atoms with Gasteiger partial charge in [-0.2, -0.15) is 5.26 Å². The molecular weight excluding hydrogens is 138 g/mol. The van der Waals surface area contributed by atoms with Crippen molar-refractivity contribution in [2.75, 3.05) is 13.2 Å². The summed E-state index contributed by atoms with van der Waals surface area (Å²) in [7, 11) is 0. The van der Waals surface area contributed by atoms with E-state index in [9.17, 15) is 0 Å². The van der Waals surface area contributed by atoms with Crippen LogP contribution in [0, 0.1) is 16.7 Å². The summed E-state index contributed by atoms with van der Waals surface area (Å²) in [5.41, 5.74) is 0.379. The fourth-order valence-electron chi connectivity index (χ4n) is 1.66. The van der Waals surface area contributed by atoms with Crippen molar-refractivity contribution in [3.63, 3.8) is 0 Å². The third-order valence-electron chi connectivity index (χ3n) is 2.36. The summed E-state index contributed by atoms with van der Waals surface area (Å²) < 4.78 is 5.18. The van der Waals surface area contributed by atoms with E-state index >= 15 is 0 Å².